The maximum atomic E-state index is 13.3. The second kappa shape index (κ2) is 6.12. The van der Waals surface area contributed by atoms with Crippen LogP contribution in [0.15, 0.2) is 18.2 Å². The Morgan fingerprint density at radius 1 is 1.56 bits per heavy atom. The molecule has 0 aromatic heterocycles. The second-order valence-corrected chi connectivity index (χ2v) is 4.50. The van der Waals surface area contributed by atoms with Gasteiger partial charge >= 0.3 is 0 Å². The highest BCUT2D eigenvalue weighted by atomic mass is 19.1. The van der Waals surface area contributed by atoms with Gasteiger partial charge in [0.2, 0.25) is 5.91 Å². The Balaban J connectivity index is 2.83. The van der Waals surface area contributed by atoms with E-state index >= 15 is 0 Å². The summed E-state index contributed by atoms with van der Waals surface area (Å²) in [6.07, 6.45) is 0.531. The summed E-state index contributed by atoms with van der Waals surface area (Å²) in [5.74, 6) is -0.785. The van der Waals surface area contributed by atoms with Crippen molar-refractivity contribution in [3.8, 4) is 6.07 Å². The number of hydrogen-bond acceptors (Lipinski definition) is 3. The smallest absolute Gasteiger partial charge is 0.241 e. The fourth-order valence-corrected chi connectivity index (χ4v) is 1.58. The summed E-state index contributed by atoms with van der Waals surface area (Å²) in [5, 5.41) is 11.3. The van der Waals surface area contributed by atoms with Crippen LogP contribution in [0.25, 0.3) is 0 Å². The monoisotopic (exact) mass is 249 g/mol. The molecule has 18 heavy (non-hydrogen) atoms. The van der Waals surface area contributed by atoms with Crippen LogP contribution in [0.5, 0.6) is 0 Å². The first-order valence-corrected chi connectivity index (χ1v) is 5.70. The highest BCUT2D eigenvalue weighted by Crippen LogP contribution is 2.18. The van der Waals surface area contributed by atoms with Crippen molar-refractivity contribution in [1.82, 2.24) is 0 Å². The third-order valence-electron chi connectivity index (χ3n) is 2.45. The molecule has 1 aromatic carbocycles. The minimum atomic E-state index is -0.667. The van der Waals surface area contributed by atoms with Gasteiger partial charge in [0.25, 0.3) is 0 Å². The number of nitriles is 1. The lowest BCUT2D eigenvalue weighted by molar-refractivity contribution is -0.117. The number of benzene rings is 1. The number of nitrogens with two attached hydrogens (primary N) is 1. The lowest BCUT2D eigenvalue weighted by Crippen LogP contribution is -2.36. The van der Waals surface area contributed by atoms with Gasteiger partial charge in [0, 0.05) is 0 Å². The van der Waals surface area contributed by atoms with Gasteiger partial charge < -0.3 is 11.1 Å². The van der Waals surface area contributed by atoms with Crippen molar-refractivity contribution in [3.05, 3.63) is 29.6 Å². The van der Waals surface area contributed by atoms with Crippen molar-refractivity contribution < 1.29 is 9.18 Å². The fraction of sp³-hybridized carbons (Fsp3) is 0.385. The van der Waals surface area contributed by atoms with Gasteiger partial charge in [-0.15, -0.1) is 0 Å². The Kier molecular flexibility index (Phi) is 4.81. The second-order valence-electron chi connectivity index (χ2n) is 4.50. The van der Waals surface area contributed by atoms with Crippen LogP contribution < -0.4 is 11.1 Å². The van der Waals surface area contributed by atoms with Crippen LogP contribution >= 0.6 is 0 Å². The zero-order valence-electron chi connectivity index (χ0n) is 10.4. The first-order chi connectivity index (χ1) is 8.45. The number of anilines is 1. The van der Waals surface area contributed by atoms with Gasteiger partial charge in [-0.2, -0.15) is 5.26 Å². The molecule has 0 unspecified atom stereocenters. The van der Waals surface area contributed by atoms with Crippen LogP contribution in [-0.4, -0.2) is 11.9 Å². The number of carbonyl (C=O) groups is 1. The molecule has 0 fully saturated rings. The van der Waals surface area contributed by atoms with Gasteiger partial charge in [0.05, 0.1) is 11.7 Å². The summed E-state index contributed by atoms with van der Waals surface area (Å²) < 4.78 is 13.3. The predicted molar refractivity (Wildman–Crippen MR) is 67.2 cm³/mol. The van der Waals surface area contributed by atoms with Crippen molar-refractivity contribution in [2.45, 2.75) is 26.3 Å². The normalized spacial score (nSPS) is 12.0. The molecule has 5 heteroatoms. The first-order valence-electron chi connectivity index (χ1n) is 5.70. The third kappa shape index (κ3) is 3.54. The van der Waals surface area contributed by atoms with Gasteiger partial charge in [0.15, 0.2) is 0 Å². The van der Waals surface area contributed by atoms with Crippen LogP contribution in [0.1, 0.15) is 25.8 Å². The number of carbonyl (C=O) groups excluding carboxylic acids is 1. The quantitative estimate of drug-likeness (QED) is 0.856. The molecule has 1 amide bonds. The molecule has 1 atom stereocenters. The summed E-state index contributed by atoms with van der Waals surface area (Å²) in [5.41, 5.74) is 5.68. The molecular formula is C13H16FN3O. The van der Waals surface area contributed by atoms with Gasteiger partial charge in [0.1, 0.15) is 17.4 Å². The molecule has 3 N–H and O–H groups in total. The van der Waals surface area contributed by atoms with Gasteiger partial charge in [-0.1, -0.05) is 19.9 Å². The minimum absolute atomic E-state index is 0.154. The predicted octanol–water partition coefficient (Wildman–Crippen LogP) is 2.01. The van der Waals surface area contributed by atoms with E-state index in [2.05, 4.69) is 5.32 Å². The number of amides is 1. The maximum Gasteiger partial charge on any atom is 0.241 e. The SMILES string of the molecule is CC(C)C[C@H](N)C(=O)Nc1cccc(F)c1C#N. The van der Waals surface area contributed by atoms with Crippen molar-refractivity contribution in [3.63, 3.8) is 0 Å². The van der Waals surface area contributed by atoms with E-state index in [4.69, 9.17) is 11.0 Å². The standard InChI is InChI=1S/C13H16FN3O/c1-8(2)6-11(16)13(18)17-12-5-3-4-10(14)9(12)7-15/h3-5,8,11H,6,16H2,1-2H3,(H,17,18)/t11-/m0/s1. The molecule has 96 valence electrons. The van der Waals surface area contributed by atoms with E-state index in [0.29, 0.717) is 6.42 Å². The van der Waals surface area contributed by atoms with Crippen LogP contribution in [0.2, 0.25) is 0 Å². The number of halogens is 1. The highest BCUT2D eigenvalue weighted by Gasteiger charge is 2.17. The molecule has 1 aromatic rings. The van der Waals surface area contributed by atoms with Crippen LogP contribution in [0.3, 0.4) is 0 Å². The lowest BCUT2D eigenvalue weighted by atomic mass is 10.0. The Morgan fingerprint density at radius 3 is 2.78 bits per heavy atom. The molecule has 0 aliphatic carbocycles. The summed E-state index contributed by atoms with van der Waals surface area (Å²) in [7, 11) is 0. The average molecular weight is 249 g/mol. The van der Waals surface area contributed by atoms with E-state index in [9.17, 15) is 9.18 Å². The molecular weight excluding hydrogens is 233 g/mol. The molecule has 0 aliphatic rings. The number of nitrogens with zero attached hydrogens (tertiary/aromatic N) is 1. The zero-order valence-corrected chi connectivity index (χ0v) is 10.4. The van der Waals surface area contributed by atoms with Crippen molar-refractivity contribution in [2.24, 2.45) is 11.7 Å². The van der Waals surface area contributed by atoms with E-state index in [0.717, 1.165) is 0 Å². The van der Waals surface area contributed by atoms with E-state index in [1.807, 2.05) is 13.8 Å². The zero-order chi connectivity index (χ0) is 13.7. The fourth-order valence-electron chi connectivity index (χ4n) is 1.58. The molecule has 1 rings (SSSR count). The Bertz CT molecular complexity index is 480. The van der Waals surface area contributed by atoms with Crippen LogP contribution in [-0.2, 0) is 4.79 Å². The van der Waals surface area contributed by atoms with Gasteiger partial charge in [-0.05, 0) is 24.5 Å². The molecule has 0 radical (unpaired) electrons. The molecule has 0 aliphatic heterocycles. The Hall–Kier alpha value is -1.93. The van der Waals surface area contributed by atoms with E-state index in [-0.39, 0.29) is 17.2 Å². The molecule has 0 saturated heterocycles. The Labute approximate surface area is 106 Å². The first kappa shape index (κ1) is 14.1. The molecule has 0 bridgehead atoms. The largest absolute Gasteiger partial charge is 0.323 e. The average Bonchev–Trinajstić information content (AvgIpc) is 2.28. The summed E-state index contributed by atoms with van der Waals surface area (Å²) in [6, 6.07) is 5.12. The maximum absolute atomic E-state index is 13.3. The van der Waals surface area contributed by atoms with E-state index < -0.39 is 17.8 Å². The molecule has 4 nitrogen and oxygen atoms in total. The molecule has 0 spiro atoms. The Morgan fingerprint density at radius 2 is 2.22 bits per heavy atom. The van der Waals surface area contributed by atoms with E-state index in [1.165, 1.54) is 18.2 Å². The van der Waals surface area contributed by atoms with Crippen LogP contribution in [0, 0.1) is 23.1 Å². The van der Waals surface area contributed by atoms with E-state index in [1.54, 1.807) is 6.07 Å². The summed E-state index contributed by atoms with van der Waals surface area (Å²) in [4.78, 5) is 11.8. The van der Waals surface area contributed by atoms with Crippen molar-refractivity contribution >= 4 is 11.6 Å². The number of rotatable bonds is 4. The topological polar surface area (TPSA) is 78.9 Å². The number of nitrogens with one attached hydrogen (secondary N) is 1. The molecule has 0 saturated carbocycles. The van der Waals surface area contributed by atoms with Gasteiger partial charge in [-0.25, -0.2) is 4.39 Å². The summed E-state index contributed by atoms with van der Waals surface area (Å²) >= 11 is 0. The molecule has 0 heterocycles. The van der Waals surface area contributed by atoms with Crippen molar-refractivity contribution in [2.75, 3.05) is 5.32 Å². The van der Waals surface area contributed by atoms with Crippen LogP contribution in [0.4, 0.5) is 10.1 Å². The summed E-state index contributed by atoms with van der Waals surface area (Å²) in [6.45, 7) is 3.91. The number of hydrogen-bond donors (Lipinski definition) is 2. The lowest BCUT2D eigenvalue weighted by Gasteiger charge is -2.14. The van der Waals surface area contributed by atoms with Crippen molar-refractivity contribution in [1.29, 1.82) is 5.26 Å². The highest BCUT2D eigenvalue weighted by molar-refractivity contribution is 5.95. The minimum Gasteiger partial charge on any atom is -0.323 e. The van der Waals surface area contributed by atoms with Gasteiger partial charge in [-0.3, -0.25) is 4.79 Å². The third-order valence-corrected chi connectivity index (χ3v) is 2.45.